The molecule has 3 aromatic rings. The van der Waals surface area contributed by atoms with E-state index in [0.29, 0.717) is 18.4 Å². The predicted octanol–water partition coefficient (Wildman–Crippen LogP) is 3.28. The second-order valence-electron chi connectivity index (χ2n) is 7.15. The van der Waals surface area contributed by atoms with E-state index >= 15 is 0 Å². The Bertz CT molecular complexity index is 1210. The van der Waals surface area contributed by atoms with Gasteiger partial charge in [-0.25, -0.2) is 13.0 Å². The lowest BCUT2D eigenvalue weighted by Crippen LogP contribution is -2.43. The van der Waals surface area contributed by atoms with Crippen molar-refractivity contribution in [2.75, 3.05) is 18.4 Å². The zero-order valence-electron chi connectivity index (χ0n) is 16.0. The van der Waals surface area contributed by atoms with Crippen molar-refractivity contribution in [2.45, 2.75) is 23.9 Å². The van der Waals surface area contributed by atoms with Gasteiger partial charge in [0.25, 0.3) is 0 Å². The number of nitrogens with zero attached hydrogens (tertiary/aromatic N) is 3. The van der Waals surface area contributed by atoms with Crippen LogP contribution in [-0.4, -0.2) is 42.0 Å². The van der Waals surface area contributed by atoms with Gasteiger partial charge in [0.05, 0.1) is 11.5 Å². The van der Waals surface area contributed by atoms with Crippen LogP contribution in [0.2, 0.25) is 0 Å². The standard InChI is InChI=1S/C19H17F3N4O4S/c20-19(21,22)13-6-8-14(9-7-13)23-18(27)12-3-2-10-26(11-12)31(28,29)16-5-1-4-15-17(16)25-30-24-15/h1,4-9,12H,2-3,10-11H2,(H,23,27). The van der Waals surface area contributed by atoms with Crippen molar-refractivity contribution in [3.63, 3.8) is 0 Å². The van der Waals surface area contributed by atoms with Crippen LogP contribution in [0.3, 0.4) is 0 Å². The second-order valence-corrected chi connectivity index (χ2v) is 9.06. The fourth-order valence-electron chi connectivity index (χ4n) is 3.49. The van der Waals surface area contributed by atoms with Crippen molar-refractivity contribution in [2.24, 2.45) is 5.92 Å². The number of piperidine rings is 1. The van der Waals surface area contributed by atoms with Crippen LogP contribution in [0.1, 0.15) is 18.4 Å². The van der Waals surface area contributed by atoms with Crippen molar-refractivity contribution in [3.8, 4) is 0 Å². The Balaban J connectivity index is 1.49. The van der Waals surface area contributed by atoms with Crippen molar-refractivity contribution in [3.05, 3.63) is 48.0 Å². The first-order chi connectivity index (χ1) is 14.7. The summed E-state index contributed by atoms with van der Waals surface area (Å²) in [7, 11) is -3.95. The lowest BCUT2D eigenvalue weighted by Gasteiger charge is -2.31. The number of nitrogens with one attached hydrogen (secondary N) is 1. The number of hydrogen-bond donors (Lipinski definition) is 1. The molecule has 1 aromatic heterocycles. The Kier molecular flexibility index (Phi) is 5.43. The van der Waals surface area contributed by atoms with E-state index in [1.165, 1.54) is 16.4 Å². The molecule has 0 aliphatic carbocycles. The zero-order valence-corrected chi connectivity index (χ0v) is 16.8. The Morgan fingerprint density at radius 2 is 1.87 bits per heavy atom. The van der Waals surface area contributed by atoms with Crippen LogP contribution in [0.4, 0.5) is 18.9 Å². The van der Waals surface area contributed by atoms with Gasteiger partial charge in [-0.05, 0) is 59.6 Å². The molecular weight excluding hydrogens is 437 g/mol. The third-order valence-corrected chi connectivity index (χ3v) is 7.00. The highest BCUT2D eigenvalue weighted by atomic mass is 32.2. The van der Waals surface area contributed by atoms with Crippen molar-refractivity contribution in [1.82, 2.24) is 14.6 Å². The Morgan fingerprint density at radius 1 is 1.13 bits per heavy atom. The highest BCUT2D eigenvalue weighted by Crippen LogP contribution is 2.31. The van der Waals surface area contributed by atoms with Gasteiger partial charge in [-0.15, -0.1) is 0 Å². The summed E-state index contributed by atoms with van der Waals surface area (Å²) in [5, 5.41) is 9.87. The SMILES string of the molecule is O=C(Nc1ccc(C(F)(F)F)cc1)C1CCCN(S(=O)(=O)c2cccc3nonc23)C1. The van der Waals surface area contributed by atoms with E-state index in [2.05, 4.69) is 20.3 Å². The summed E-state index contributed by atoms with van der Waals surface area (Å²) in [6.45, 7) is 0.171. The molecule has 2 aromatic carbocycles. The van der Waals surface area contributed by atoms with E-state index in [9.17, 15) is 26.4 Å². The van der Waals surface area contributed by atoms with Crippen LogP contribution >= 0.6 is 0 Å². The Labute approximate surface area is 175 Å². The van der Waals surface area contributed by atoms with Gasteiger partial charge < -0.3 is 5.32 Å². The molecule has 0 radical (unpaired) electrons. The van der Waals surface area contributed by atoms with Gasteiger partial charge in [0.2, 0.25) is 15.9 Å². The number of benzene rings is 2. The van der Waals surface area contributed by atoms with Gasteiger partial charge in [-0.1, -0.05) is 6.07 Å². The average Bonchev–Trinajstić information content (AvgIpc) is 3.22. The Morgan fingerprint density at radius 3 is 2.58 bits per heavy atom. The van der Waals surface area contributed by atoms with E-state index < -0.39 is 33.6 Å². The third-order valence-electron chi connectivity index (χ3n) is 5.10. The number of amides is 1. The lowest BCUT2D eigenvalue weighted by molar-refractivity contribution is -0.137. The van der Waals surface area contributed by atoms with Gasteiger partial charge >= 0.3 is 6.18 Å². The number of rotatable bonds is 4. The molecule has 1 saturated heterocycles. The first-order valence-electron chi connectivity index (χ1n) is 9.36. The van der Waals surface area contributed by atoms with Crippen molar-refractivity contribution >= 4 is 32.7 Å². The molecule has 31 heavy (non-hydrogen) atoms. The summed E-state index contributed by atoms with van der Waals surface area (Å²) in [5.74, 6) is -1.11. The number of carbonyl (C=O) groups is 1. The van der Waals surface area contributed by atoms with E-state index in [0.717, 1.165) is 24.3 Å². The molecule has 1 atom stereocenters. The predicted molar refractivity (Wildman–Crippen MR) is 103 cm³/mol. The van der Waals surface area contributed by atoms with Crippen LogP contribution in [0.15, 0.2) is 52.0 Å². The zero-order chi connectivity index (χ0) is 22.2. The van der Waals surface area contributed by atoms with Gasteiger partial charge in [0, 0.05) is 18.8 Å². The minimum absolute atomic E-state index is 0.0591. The molecule has 1 aliphatic heterocycles. The van der Waals surface area contributed by atoms with Gasteiger partial charge in [0.15, 0.2) is 5.52 Å². The molecule has 1 aliphatic rings. The number of hydrogen-bond acceptors (Lipinski definition) is 6. The number of halogens is 3. The fraction of sp³-hybridized carbons (Fsp3) is 0.316. The highest BCUT2D eigenvalue weighted by Gasteiger charge is 2.35. The normalized spacial score (nSPS) is 18.2. The maximum Gasteiger partial charge on any atom is 0.416 e. The first-order valence-corrected chi connectivity index (χ1v) is 10.8. The number of aromatic nitrogens is 2. The second kappa shape index (κ2) is 7.93. The van der Waals surface area contributed by atoms with Crippen molar-refractivity contribution < 1.29 is 31.0 Å². The maximum absolute atomic E-state index is 13.1. The first kappa shape index (κ1) is 21.2. The van der Waals surface area contributed by atoms with Crippen LogP contribution in [-0.2, 0) is 21.0 Å². The molecule has 1 fully saturated rings. The van der Waals surface area contributed by atoms with Crippen molar-refractivity contribution in [1.29, 1.82) is 0 Å². The molecule has 1 N–H and O–H groups in total. The van der Waals surface area contributed by atoms with Gasteiger partial charge in [-0.2, -0.15) is 17.5 Å². The molecule has 8 nitrogen and oxygen atoms in total. The van der Waals surface area contributed by atoms with E-state index in [1.807, 2.05) is 0 Å². The molecule has 2 heterocycles. The van der Waals surface area contributed by atoms with Crippen LogP contribution < -0.4 is 5.32 Å². The molecule has 0 spiro atoms. The van der Waals surface area contributed by atoms with E-state index in [4.69, 9.17) is 0 Å². The topological polar surface area (TPSA) is 105 Å². The van der Waals surface area contributed by atoms with Crippen LogP contribution in [0.25, 0.3) is 11.0 Å². The minimum Gasteiger partial charge on any atom is -0.326 e. The van der Waals surface area contributed by atoms with E-state index in [-0.39, 0.29) is 29.2 Å². The third kappa shape index (κ3) is 4.26. The quantitative estimate of drug-likeness (QED) is 0.649. The molecule has 4 rings (SSSR count). The number of anilines is 1. The van der Waals surface area contributed by atoms with Crippen LogP contribution in [0.5, 0.6) is 0 Å². The summed E-state index contributed by atoms with van der Waals surface area (Å²) in [6, 6.07) is 8.57. The monoisotopic (exact) mass is 454 g/mol. The summed E-state index contributed by atoms with van der Waals surface area (Å²) in [4.78, 5) is 12.6. The Hall–Kier alpha value is -2.99. The number of fused-ring (bicyclic) bond motifs is 1. The molecule has 0 saturated carbocycles. The highest BCUT2D eigenvalue weighted by molar-refractivity contribution is 7.89. The summed E-state index contributed by atoms with van der Waals surface area (Å²) in [5.41, 5.74) is -0.207. The smallest absolute Gasteiger partial charge is 0.326 e. The maximum atomic E-state index is 13.1. The van der Waals surface area contributed by atoms with E-state index in [1.54, 1.807) is 6.07 Å². The minimum atomic E-state index is -4.47. The number of carbonyl (C=O) groups excluding carboxylic acids is 1. The largest absolute Gasteiger partial charge is 0.416 e. The molecule has 12 heteroatoms. The van der Waals surface area contributed by atoms with Gasteiger partial charge in [-0.3, -0.25) is 4.79 Å². The van der Waals surface area contributed by atoms with Gasteiger partial charge in [0.1, 0.15) is 10.4 Å². The summed E-state index contributed by atoms with van der Waals surface area (Å²) < 4.78 is 70.1. The lowest BCUT2D eigenvalue weighted by atomic mass is 9.98. The number of sulfonamides is 1. The fourth-order valence-corrected chi connectivity index (χ4v) is 5.15. The summed E-state index contributed by atoms with van der Waals surface area (Å²) >= 11 is 0. The molecule has 1 amide bonds. The van der Waals surface area contributed by atoms with Crippen LogP contribution in [0, 0.1) is 5.92 Å². The number of alkyl halides is 3. The molecule has 0 bridgehead atoms. The molecule has 1 unspecified atom stereocenters. The average molecular weight is 454 g/mol. The summed E-state index contributed by atoms with van der Waals surface area (Å²) in [6.07, 6.45) is -3.56. The molecular formula is C19H17F3N4O4S. The molecule has 164 valence electrons.